The van der Waals surface area contributed by atoms with Crippen LogP contribution in [0.5, 0.6) is 0 Å². The van der Waals surface area contributed by atoms with Crippen molar-refractivity contribution < 1.29 is 4.79 Å². The van der Waals surface area contributed by atoms with Crippen molar-refractivity contribution >= 4 is 17.2 Å². The van der Waals surface area contributed by atoms with E-state index in [9.17, 15) is 4.79 Å². The number of rotatable bonds is 4. The molecule has 2 aromatic rings. The third-order valence-electron chi connectivity index (χ3n) is 6.17. The van der Waals surface area contributed by atoms with E-state index in [1.807, 2.05) is 54.8 Å². The first-order valence-corrected chi connectivity index (χ1v) is 10.3. The molecule has 2 atom stereocenters. The Balaban J connectivity index is 1.63. The molecule has 2 aliphatic rings. The van der Waals surface area contributed by atoms with Gasteiger partial charge in [0.15, 0.2) is 5.78 Å². The molecule has 4 rings (SSSR count). The van der Waals surface area contributed by atoms with Gasteiger partial charge in [0, 0.05) is 35.3 Å². The maximum absolute atomic E-state index is 13.1. The number of Topliss-reactive ketones (excluding diaryl/α,β-unsaturated/α-hetero) is 1. The fourth-order valence-corrected chi connectivity index (χ4v) is 4.37. The van der Waals surface area contributed by atoms with E-state index in [1.165, 1.54) is 11.3 Å². The van der Waals surface area contributed by atoms with Crippen LogP contribution in [0, 0.1) is 11.8 Å². The number of hydrogen-bond donors (Lipinski definition) is 0. The largest absolute Gasteiger partial charge is 0.346 e. The Hall–Kier alpha value is -3.27. The summed E-state index contributed by atoms with van der Waals surface area (Å²) in [6.45, 7) is 6.45. The van der Waals surface area contributed by atoms with Crippen LogP contribution in [0.1, 0.15) is 36.7 Å². The average Bonchev–Trinajstić information content (AvgIpc) is 2.95. The van der Waals surface area contributed by atoms with Crippen LogP contribution in [0.2, 0.25) is 0 Å². The molecular formula is C26H27N3O. The first kappa shape index (κ1) is 20.0. The number of likely N-dealkylation sites (N-methyl/N-ethyl adjacent to an activating group) is 1. The van der Waals surface area contributed by atoms with Gasteiger partial charge in [0.1, 0.15) is 0 Å². The Kier molecular flexibility index (Phi) is 5.25. The number of ketones is 1. The molecule has 0 N–H and O–H groups in total. The van der Waals surface area contributed by atoms with Gasteiger partial charge in [-0.3, -0.25) is 4.79 Å². The van der Waals surface area contributed by atoms with Crippen molar-refractivity contribution in [3.05, 3.63) is 95.9 Å². The summed E-state index contributed by atoms with van der Waals surface area (Å²) in [5.41, 5.74) is 4.59. The molecule has 1 heterocycles. The number of azo groups is 1. The van der Waals surface area contributed by atoms with Crippen molar-refractivity contribution in [1.29, 1.82) is 0 Å². The molecule has 2 unspecified atom stereocenters. The number of carbonyl (C=O) groups is 1. The first-order valence-electron chi connectivity index (χ1n) is 10.3. The predicted molar refractivity (Wildman–Crippen MR) is 122 cm³/mol. The summed E-state index contributed by atoms with van der Waals surface area (Å²) in [7, 11) is 2.05. The molecule has 4 heteroatoms. The van der Waals surface area contributed by atoms with Gasteiger partial charge in [-0.05, 0) is 29.7 Å². The average molecular weight is 398 g/mol. The molecule has 0 amide bonds. The van der Waals surface area contributed by atoms with Gasteiger partial charge >= 0.3 is 0 Å². The molecular weight excluding hydrogens is 370 g/mol. The van der Waals surface area contributed by atoms with Gasteiger partial charge in [-0.15, -0.1) is 0 Å². The van der Waals surface area contributed by atoms with Gasteiger partial charge in [-0.1, -0.05) is 75.4 Å². The minimum absolute atomic E-state index is 0.0797. The lowest BCUT2D eigenvalue weighted by molar-refractivity contribution is 0.0926. The highest BCUT2D eigenvalue weighted by molar-refractivity contribution is 6.03. The molecule has 0 fully saturated rings. The summed E-state index contributed by atoms with van der Waals surface area (Å²) < 4.78 is 0. The van der Waals surface area contributed by atoms with Gasteiger partial charge in [-0.2, -0.15) is 10.2 Å². The topological polar surface area (TPSA) is 45.0 Å². The smallest absolute Gasteiger partial charge is 0.172 e. The molecule has 2 aromatic carbocycles. The van der Waals surface area contributed by atoms with Crippen LogP contribution >= 0.6 is 0 Å². The lowest BCUT2D eigenvalue weighted by atomic mass is 9.83. The van der Waals surface area contributed by atoms with Crippen LogP contribution in [0.4, 0.5) is 11.4 Å². The number of benzene rings is 2. The second-order valence-electron chi connectivity index (χ2n) is 8.47. The Bertz CT molecular complexity index is 1090. The van der Waals surface area contributed by atoms with E-state index in [0.29, 0.717) is 11.3 Å². The van der Waals surface area contributed by atoms with Crippen molar-refractivity contribution in [3.8, 4) is 0 Å². The van der Waals surface area contributed by atoms with Crippen molar-refractivity contribution in [2.45, 2.75) is 26.2 Å². The molecule has 4 nitrogen and oxygen atoms in total. The van der Waals surface area contributed by atoms with E-state index in [1.54, 1.807) is 0 Å². The third-order valence-corrected chi connectivity index (χ3v) is 6.17. The van der Waals surface area contributed by atoms with E-state index in [2.05, 4.69) is 67.2 Å². The molecule has 0 bridgehead atoms. The van der Waals surface area contributed by atoms with Crippen molar-refractivity contribution in [1.82, 2.24) is 0 Å². The highest BCUT2D eigenvalue weighted by Gasteiger charge is 2.38. The summed E-state index contributed by atoms with van der Waals surface area (Å²) in [4.78, 5) is 15.3. The van der Waals surface area contributed by atoms with Crippen LogP contribution in [-0.2, 0) is 5.41 Å². The van der Waals surface area contributed by atoms with Gasteiger partial charge in [0.05, 0.1) is 11.9 Å². The minimum Gasteiger partial charge on any atom is -0.346 e. The van der Waals surface area contributed by atoms with Crippen LogP contribution < -0.4 is 4.90 Å². The van der Waals surface area contributed by atoms with Crippen molar-refractivity contribution in [2.75, 3.05) is 11.9 Å². The second kappa shape index (κ2) is 7.86. The third kappa shape index (κ3) is 3.43. The normalized spacial score (nSPS) is 23.3. The van der Waals surface area contributed by atoms with Crippen LogP contribution in [0.3, 0.4) is 0 Å². The fraction of sp³-hybridized carbons (Fsp3) is 0.269. The zero-order valence-corrected chi connectivity index (χ0v) is 17.9. The number of nitrogens with zero attached hydrogens (tertiary/aromatic N) is 3. The summed E-state index contributed by atoms with van der Waals surface area (Å²) in [6, 6.07) is 15.8. The highest BCUT2D eigenvalue weighted by Crippen LogP contribution is 2.46. The van der Waals surface area contributed by atoms with Crippen LogP contribution in [0.15, 0.2) is 95.0 Å². The lowest BCUT2D eigenvalue weighted by Gasteiger charge is -2.22. The zero-order chi connectivity index (χ0) is 21.3. The van der Waals surface area contributed by atoms with Crippen molar-refractivity contribution in [2.24, 2.45) is 22.1 Å². The number of allylic oxidation sites excluding steroid dienone is 5. The lowest BCUT2D eigenvalue weighted by Crippen LogP contribution is -2.22. The Morgan fingerprint density at radius 1 is 1.03 bits per heavy atom. The molecule has 0 saturated heterocycles. The highest BCUT2D eigenvalue weighted by atomic mass is 16.1. The molecule has 0 spiro atoms. The van der Waals surface area contributed by atoms with E-state index in [0.717, 1.165) is 5.70 Å². The van der Waals surface area contributed by atoms with E-state index in [4.69, 9.17) is 0 Å². The second-order valence-corrected chi connectivity index (χ2v) is 8.47. The van der Waals surface area contributed by atoms with E-state index >= 15 is 0 Å². The Morgan fingerprint density at radius 2 is 1.73 bits per heavy atom. The molecule has 0 radical (unpaired) electrons. The summed E-state index contributed by atoms with van der Waals surface area (Å²) in [6.07, 6.45) is 9.77. The number of carbonyl (C=O) groups excluding carboxylic acids is 1. The van der Waals surface area contributed by atoms with Crippen LogP contribution in [0.25, 0.3) is 0 Å². The van der Waals surface area contributed by atoms with E-state index in [-0.39, 0.29) is 23.0 Å². The fourth-order valence-electron chi connectivity index (χ4n) is 4.37. The van der Waals surface area contributed by atoms with Crippen LogP contribution in [-0.4, -0.2) is 12.8 Å². The predicted octanol–water partition coefficient (Wildman–Crippen LogP) is 6.60. The summed E-state index contributed by atoms with van der Waals surface area (Å²) in [5.74, 6) is 0.0798. The Morgan fingerprint density at radius 3 is 2.50 bits per heavy atom. The van der Waals surface area contributed by atoms with Gasteiger partial charge in [-0.25, -0.2) is 0 Å². The SMILES string of the molecule is CC1C=CC=CC1C(=O)c1ccccc1N=N/C=C1/N(C)c2ccccc2C1(C)C. The maximum atomic E-state index is 13.1. The van der Waals surface area contributed by atoms with E-state index < -0.39 is 0 Å². The Labute approximate surface area is 178 Å². The van der Waals surface area contributed by atoms with Gasteiger partial charge in [0.2, 0.25) is 0 Å². The first-order chi connectivity index (χ1) is 14.4. The summed E-state index contributed by atoms with van der Waals surface area (Å²) >= 11 is 0. The quantitative estimate of drug-likeness (QED) is 0.431. The molecule has 152 valence electrons. The molecule has 30 heavy (non-hydrogen) atoms. The molecule has 0 saturated carbocycles. The zero-order valence-electron chi connectivity index (χ0n) is 17.9. The number of hydrogen-bond acceptors (Lipinski definition) is 4. The van der Waals surface area contributed by atoms with Gasteiger partial charge in [0.25, 0.3) is 0 Å². The standard InChI is InChI=1S/C26H27N3O/c1-18-11-5-6-12-19(18)25(30)20-13-7-9-15-22(20)28-27-17-24-26(2,3)21-14-8-10-16-23(21)29(24)4/h5-19H,1-4H3/b24-17+,28-27?. The number of fused-ring (bicyclic) bond motifs is 1. The minimum atomic E-state index is -0.167. The monoisotopic (exact) mass is 397 g/mol. The number of para-hydroxylation sites is 1. The van der Waals surface area contributed by atoms with Crippen molar-refractivity contribution in [3.63, 3.8) is 0 Å². The number of anilines is 1. The summed E-state index contributed by atoms with van der Waals surface area (Å²) in [5, 5.41) is 8.83. The molecule has 1 aliphatic heterocycles. The molecule has 0 aromatic heterocycles. The van der Waals surface area contributed by atoms with Gasteiger partial charge < -0.3 is 4.90 Å². The maximum Gasteiger partial charge on any atom is 0.172 e. The molecule has 1 aliphatic carbocycles.